The Labute approximate surface area is 130 Å². The van der Waals surface area contributed by atoms with E-state index in [1.807, 2.05) is 6.07 Å². The summed E-state index contributed by atoms with van der Waals surface area (Å²) in [7, 11) is 0. The van der Waals surface area contributed by atoms with E-state index in [0.717, 1.165) is 19.3 Å². The number of unbranched alkanes of at least 4 members (excludes halogenated alkanes) is 5. The van der Waals surface area contributed by atoms with Crippen LogP contribution < -0.4 is 0 Å². The van der Waals surface area contributed by atoms with E-state index in [1.165, 1.54) is 37.5 Å². The maximum Gasteiger partial charge on any atom is 0.154 e. The molecule has 2 nitrogen and oxygen atoms in total. The maximum atomic E-state index is 13.8. The van der Waals surface area contributed by atoms with E-state index in [2.05, 4.69) is 6.92 Å². The predicted molar refractivity (Wildman–Crippen MR) is 82.8 cm³/mol. The number of Topliss-reactive ketones (excluding diaryl/α,β-unsaturated/α-hetero) is 1. The molecule has 1 unspecified atom stereocenters. The normalized spacial score (nSPS) is 11.9. The van der Waals surface area contributed by atoms with E-state index >= 15 is 0 Å². The van der Waals surface area contributed by atoms with Crippen LogP contribution >= 0.6 is 11.6 Å². The zero-order valence-corrected chi connectivity index (χ0v) is 13.1. The van der Waals surface area contributed by atoms with Crippen molar-refractivity contribution >= 4 is 17.4 Å². The number of rotatable bonds is 9. The summed E-state index contributed by atoms with van der Waals surface area (Å²) in [6.45, 7) is 2.15. The molecule has 1 atom stereocenters. The summed E-state index contributed by atoms with van der Waals surface area (Å²) in [6, 6.07) is 6.08. The number of ketones is 1. The van der Waals surface area contributed by atoms with Crippen LogP contribution in [0.5, 0.6) is 0 Å². The first kappa shape index (κ1) is 17.7. The van der Waals surface area contributed by atoms with E-state index in [-0.39, 0.29) is 16.4 Å². The minimum absolute atomic E-state index is 0.0117. The molecule has 1 rings (SSSR count). The molecule has 4 heteroatoms. The summed E-state index contributed by atoms with van der Waals surface area (Å²) in [6.07, 6.45) is 6.67. The average Bonchev–Trinajstić information content (AvgIpc) is 2.46. The predicted octanol–water partition coefficient (Wildman–Crippen LogP) is 5.41. The van der Waals surface area contributed by atoms with Gasteiger partial charge in [0.1, 0.15) is 11.7 Å². The molecule has 0 N–H and O–H groups in total. The van der Waals surface area contributed by atoms with Crippen LogP contribution in [-0.4, -0.2) is 5.78 Å². The summed E-state index contributed by atoms with van der Waals surface area (Å²) in [5.74, 6) is -1.94. The topological polar surface area (TPSA) is 40.9 Å². The first-order valence-electron chi connectivity index (χ1n) is 7.48. The Bertz CT molecular complexity index is 490. The van der Waals surface area contributed by atoms with Crippen LogP contribution in [0.3, 0.4) is 0 Å². The van der Waals surface area contributed by atoms with Crippen molar-refractivity contribution in [1.82, 2.24) is 0 Å². The van der Waals surface area contributed by atoms with Gasteiger partial charge in [-0.2, -0.15) is 5.26 Å². The van der Waals surface area contributed by atoms with Crippen molar-refractivity contribution < 1.29 is 9.18 Å². The second kappa shape index (κ2) is 9.52. The van der Waals surface area contributed by atoms with Crippen molar-refractivity contribution in [1.29, 1.82) is 5.26 Å². The fraction of sp³-hybridized carbons (Fsp3) is 0.529. The number of carbonyl (C=O) groups is 1. The molecule has 0 amide bonds. The third-order valence-electron chi connectivity index (χ3n) is 3.52. The van der Waals surface area contributed by atoms with Gasteiger partial charge >= 0.3 is 0 Å². The Morgan fingerprint density at radius 3 is 2.57 bits per heavy atom. The quantitative estimate of drug-likeness (QED) is 0.572. The third kappa shape index (κ3) is 5.47. The summed E-state index contributed by atoms with van der Waals surface area (Å²) < 4.78 is 13.8. The summed E-state index contributed by atoms with van der Waals surface area (Å²) in [4.78, 5) is 12.1. The molecule has 21 heavy (non-hydrogen) atoms. The van der Waals surface area contributed by atoms with Gasteiger partial charge in [-0.15, -0.1) is 0 Å². The van der Waals surface area contributed by atoms with Gasteiger partial charge in [0.15, 0.2) is 5.78 Å². The standard InChI is InChI=1S/C17H21ClFNO/c1-2-3-4-5-6-7-11-16(21)13(12-20)17-14(18)9-8-10-15(17)19/h8-10,13H,2-7,11H2,1H3. The monoisotopic (exact) mass is 309 g/mol. The molecule has 0 fully saturated rings. The second-order valence-corrected chi connectivity index (χ2v) is 5.59. The van der Waals surface area contributed by atoms with Crippen molar-refractivity contribution in [2.24, 2.45) is 0 Å². The zero-order valence-electron chi connectivity index (χ0n) is 12.4. The van der Waals surface area contributed by atoms with E-state index in [0.29, 0.717) is 6.42 Å². The Balaban J connectivity index is 2.57. The largest absolute Gasteiger partial charge is 0.298 e. The van der Waals surface area contributed by atoms with Crippen molar-refractivity contribution in [3.8, 4) is 6.07 Å². The van der Waals surface area contributed by atoms with Gasteiger partial charge in [-0.3, -0.25) is 4.79 Å². The maximum absolute atomic E-state index is 13.8. The van der Waals surface area contributed by atoms with Gasteiger partial charge in [0.05, 0.1) is 6.07 Å². The minimum Gasteiger partial charge on any atom is -0.298 e. The molecule has 0 radical (unpaired) electrons. The van der Waals surface area contributed by atoms with Gasteiger partial charge in [0, 0.05) is 17.0 Å². The molecule has 114 valence electrons. The Morgan fingerprint density at radius 1 is 1.29 bits per heavy atom. The van der Waals surface area contributed by atoms with Crippen molar-refractivity contribution in [2.45, 2.75) is 57.8 Å². The first-order chi connectivity index (χ1) is 10.1. The van der Waals surface area contributed by atoms with E-state index in [4.69, 9.17) is 11.6 Å². The highest BCUT2D eigenvalue weighted by Crippen LogP contribution is 2.29. The fourth-order valence-corrected chi connectivity index (χ4v) is 2.58. The lowest BCUT2D eigenvalue weighted by atomic mass is 9.92. The fourth-order valence-electron chi connectivity index (χ4n) is 2.31. The van der Waals surface area contributed by atoms with Crippen molar-refractivity contribution in [3.63, 3.8) is 0 Å². The highest BCUT2D eigenvalue weighted by Gasteiger charge is 2.25. The number of benzene rings is 1. The number of carbonyl (C=O) groups excluding carboxylic acids is 1. The zero-order chi connectivity index (χ0) is 15.7. The molecule has 0 aromatic heterocycles. The van der Waals surface area contributed by atoms with Crippen LogP contribution in [0.25, 0.3) is 0 Å². The molecular weight excluding hydrogens is 289 g/mol. The number of hydrogen-bond donors (Lipinski definition) is 0. The highest BCUT2D eigenvalue weighted by molar-refractivity contribution is 6.31. The van der Waals surface area contributed by atoms with E-state index in [9.17, 15) is 14.4 Å². The smallest absolute Gasteiger partial charge is 0.154 e. The lowest BCUT2D eigenvalue weighted by Gasteiger charge is -2.11. The van der Waals surface area contributed by atoms with E-state index in [1.54, 1.807) is 0 Å². The van der Waals surface area contributed by atoms with Crippen LogP contribution in [-0.2, 0) is 4.79 Å². The first-order valence-corrected chi connectivity index (χ1v) is 7.85. The molecule has 0 bridgehead atoms. The Kier molecular flexibility index (Phi) is 8.00. The van der Waals surface area contributed by atoms with Crippen LogP contribution in [0.4, 0.5) is 4.39 Å². The number of nitriles is 1. The van der Waals surface area contributed by atoms with Gasteiger partial charge in [-0.05, 0) is 18.6 Å². The van der Waals surface area contributed by atoms with Gasteiger partial charge in [-0.25, -0.2) is 4.39 Å². The van der Waals surface area contributed by atoms with Gasteiger partial charge in [0.2, 0.25) is 0 Å². The molecule has 0 aliphatic heterocycles. The number of hydrogen-bond acceptors (Lipinski definition) is 2. The lowest BCUT2D eigenvalue weighted by Crippen LogP contribution is -2.13. The highest BCUT2D eigenvalue weighted by atomic mass is 35.5. The van der Waals surface area contributed by atoms with Crippen LogP contribution in [0.1, 0.15) is 63.4 Å². The van der Waals surface area contributed by atoms with E-state index < -0.39 is 11.7 Å². The Morgan fingerprint density at radius 2 is 1.95 bits per heavy atom. The number of halogens is 2. The molecule has 0 aliphatic carbocycles. The van der Waals surface area contributed by atoms with Crippen molar-refractivity contribution in [3.05, 3.63) is 34.6 Å². The lowest BCUT2D eigenvalue weighted by molar-refractivity contribution is -0.119. The molecule has 0 saturated carbocycles. The second-order valence-electron chi connectivity index (χ2n) is 5.18. The van der Waals surface area contributed by atoms with Crippen LogP contribution in [0.15, 0.2) is 18.2 Å². The van der Waals surface area contributed by atoms with Gasteiger partial charge in [-0.1, -0.05) is 56.7 Å². The molecule has 1 aromatic rings. The number of nitrogens with zero attached hydrogens (tertiary/aromatic N) is 1. The summed E-state index contributed by atoms with van der Waals surface area (Å²) in [5, 5.41) is 9.31. The van der Waals surface area contributed by atoms with Crippen molar-refractivity contribution in [2.75, 3.05) is 0 Å². The molecule has 0 heterocycles. The summed E-state index contributed by atoms with van der Waals surface area (Å²) in [5.41, 5.74) is 0.0117. The summed E-state index contributed by atoms with van der Waals surface area (Å²) >= 11 is 5.92. The molecule has 1 aromatic carbocycles. The molecule has 0 aliphatic rings. The van der Waals surface area contributed by atoms with Crippen LogP contribution in [0.2, 0.25) is 5.02 Å². The van der Waals surface area contributed by atoms with Gasteiger partial charge in [0.25, 0.3) is 0 Å². The molecule has 0 saturated heterocycles. The SMILES string of the molecule is CCCCCCCCC(=O)C(C#N)c1c(F)cccc1Cl. The third-order valence-corrected chi connectivity index (χ3v) is 3.85. The molecule has 0 spiro atoms. The minimum atomic E-state index is -1.10. The van der Waals surface area contributed by atoms with Crippen LogP contribution in [0, 0.1) is 17.1 Å². The average molecular weight is 310 g/mol. The molecular formula is C17H21ClFNO. The van der Waals surface area contributed by atoms with Gasteiger partial charge < -0.3 is 0 Å². The Hall–Kier alpha value is -1.40.